The quantitative estimate of drug-likeness (QED) is 0.513. The molecule has 1 aromatic rings. The Morgan fingerprint density at radius 1 is 1.00 bits per heavy atom. The van der Waals surface area contributed by atoms with Crippen LogP contribution in [0.15, 0.2) is 29.2 Å². The van der Waals surface area contributed by atoms with Gasteiger partial charge in [0.1, 0.15) is 0 Å². The topological polar surface area (TPSA) is 106 Å². The zero-order valence-corrected chi connectivity index (χ0v) is 12.0. The van der Waals surface area contributed by atoms with Crippen molar-refractivity contribution in [1.29, 1.82) is 0 Å². The zero-order valence-electron chi connectivity index (χ0n) is 11.2. The van der Waals surface area contributed by atoms with Crippen LogP contribution in [0.2, 0.25) is 0 Å². The number of rotatable bonds is 8. The van der Waals surface area contributed by atoms with Crippen LogP contribution in [0, 0.1) is 0 Å². The van der Waals surface area contributed by atoms with Crippen LogP contribution in [0.1, 0.15) is 10.4 Å². The van der Waals surface area contributed by atoms with E-state index < -0.39 is 11.8 Å². The molecule has 2 amide bonds. The average Bonchev–Trinajstić information content (AvgIpc) is 2.37. The van der Waals surface area contributed by atoms with Gasteiger partial charge in [0.15, 0.2) is 5.78 Å². The number of primary amides is 2. The lowest BCUT2D eigenvalue weighted by atomic mass is 10.1. The van der Waals surface area contributed by atoms with Gasteiger partial charge in [0.25, 0.3) is 0 Å². The van der Waals surface area contributed by atoms with E-state index in [4.69, 9.17) is 11.5 Å². The fourth-order valence-electron chi connectivity index (χ4n) is 1.68. The highest BCUT2D eigenvalue weighted by Gasteiger charge is 2.16. The Labute approximate surface area is 121 Å². The van der Waals surface area contributed by atoms with Crippen LogP contribution in [-0.4, -0.2) is 48.4 Å². The minimum atomic E-state index is -0.614. The van der Waals surface area contributed by atoms with E-state index in [1.165, 1.54) is 4.90 Å². The summed E-state index contributed by atoms with van der Waals surface area (Å²) in [4.78, 5) is 36.3. The second-order valence-electron chi connectivity index (χ2n) is 4.23. The van der Waals surface area contributed by atoms with Crippen LogP contribution in [0.25, 0.3) is 0 Å². The molecule has 0 aromatic heterocycles. The number of nitrogens with two attached hydrogens (primary N) is 2. The monoisotopic (exact) mass is 295 g/mol. The van der Waals surface area contributed by atoms with Crippen molar-refractivity contribution in [3.8, 4) is 0 Å². The van der Waals surface area contributed by atoms with Gasteiger partial charge in [-0.25, -0.2) is 0 Å². The van der Waals surface area contributed by atoms with E-state index in [1.807, 2.05) is 18.4 Å². The second kappa shape index (κ2) is 7.66. The summed E-state index contributed by atoms with van der Waals surface area (Å²) in [6.45, 7) is -0.445. The van der Waals surface area contributed by atoms with E-state index in [9.17, 15) is 14.4 Å². The molecule has 0 bridgehead atoms. The third-order valence-electron chi connectivity index (χ3n) is 2.54. The first kappa shape index (κ1) is 16.2. The first-order chi connectivity index (χ1) is 9.42. The van der Waals surface area contributed by atoms with Gasteiger partial charge in [-0.2, -0.15) is 0 Å². The van der Waals surface area contributed by atoms with E-state index in [0.717, 1.165) is 4.90 Å². The van der Waals surface area contributed by atoms with Gasteiger partial charge in [0, 0.05) is 10.5 Å². The minimum Gasteiger partial charge on any atom is -0.369 e. The predicted octanol–water partition coefficient (Wildman–Crippen LogP) is -0.136. The summed E-state index contributed by atoms with van der Waals surface area (Å²) in [5.74, 6) is -1.42. The molecule has 0 aliphatic carbocycles. The van der Waals surface area contributed by atoms with Crippen LogP contribution in [-0.2, 0) is 9.59 Å². The Bertz CT molecular complexity index is 486. The van der Waals surface area contributed by atoms with Crippen molar-refractivity contribution >= 4 is 29.4 Å². The molecular weight excluding hydrogens is 278 g/mol. The van der Waals surface area contributed by atoms with E-state index in [0.29, 0.717) is 5.56 Å². The molecule has 20 heavy (non-hydrogen) atoms. The number of ketones is 1. The molecule has 0 radical (unpaired) electrons. The molecular formula is C13H17N3O3S. The van der Waals surface area contributed by atoms with Gasteiger partial charge in [-0.05, 0) is 18.4 Å². The molecule has 7 heteroatoms. The Morgan fingerprint density at radius 3 is 1.90 bits per heavy atom. The lowest BCUT2D eigenvalue weighted by Gasteiger charge is -2.17. The molecule has 6 nitrogen and oxygen atoms in total. The summed E-state index contributed by atoms with van der Waals surface area (Å²) in [5, 5.41) is 0. The third-order valence-corrected chi connectivity index (χ3v) is 3.28. The highest BCUT2D eigenvalue weighted by Crippen LogP contribution is 2.15. The van der Waals surface area contributed by atoms with Crippen LogP contribution in [0.4, 0.5) is 0 Å². The lowest BCUT2D eigenvalue weighted by Crippen LogP contribution is -2.42. The average molecular weight is 295 g/mol. The highest BCUT2D eigenvalue weighted by molar-refractivity contribution is 7.98. The summed E-state index contributed by atoms with van der Waals surface area (Å²) >= 11 is 1.58. The number of amides is 2. The van der Waals surface area contributed by atoms with Crippen LogP contribution >= 0.6 is 11.8 Å². The zero-order chi connectivity index (χ0) is 15.1. The lowest BCUT2D eigenvalue weighted by molar-refractivity contribution is -0.121. The van der Waals surface area contributed by atoms with Crippen molar-refractivity contribution in [2.75, 3.05) is 25.9 Å². The Balaban J connectivity index is 2.72. The van der Waals surface area contributed by atoms with Gasteiger partial charge in [-0.15, -0.1) is 11.8 Å². The second-order valence-corrected chi connectivity index (χ2v) is 5.11. The van der Waals surface area contributed by atoms with Crippen molar-refractivity contribution in [2.45, 2.75) is 4.90 Å². The standard InChI is InChI=1S/C13H17N3O3S/c1-20-10-4-2-9(3-5-10)11(17)6-16(7-12(14)18)8-13(15)19/h2-5H,6-8H2,1H3,(H2,14,18)(H2,15,19). The number of nitrogens with zero attached hydrogens (tertiary/aromatic N) is 1. The minimum absolute atomic E-state index is 0.0789. The maximum absolute atomic E-state index is 12.1. The molecule has 0 saturated heterocycles. The summed E-state index contributed by atoms with van der Waals surface area (Å²) in [6.07, 6.45) is 1.94. The Kier molecular flexibility index (Phi) is 6.20. The third kappa shape index (κ3) is 5.41. The van der Waals surface area contributed by atoms with Crippen molar-refractivity contribution in [3.63, 3.8) is 0 Å². The molecule has 0 spiro atoms. The van der Waals surface area contributed by atoms with Crippen LogP contribution in [0.3, 0.4) is 0 Å². The largest absolute Gasteiger partial charge is 0.369 e. The van der Waals surface area contributed by atoms with Gasteiger partial charge in [0.05, 0.1) is 19.6 Å². The van der Waals surface area contributed by atoms with Crippen LogP contribution < -0.4 is 11.5 Å². The summed E-state index contributed by atoms with van der Waals surface area (Å²) < 4.78 is 0. The van der Waals surface area contributed by atoms with Gasteiger partial charge >= 0.3 is 0 Å². The molecule has 108 valence electrons. The smallest absolute Gasteiger partial charge is 0.231 e. The van der Waals surface area contributed by atoms with E-state index >= 15 is 0 Å². The molecule has 0 unspecified atom stereocenters. The van der Waals surface area contributed by atoms with Gasteiger partial charge in [-0.3, -0.25) is 19.3 Å². The molecule has 0 heterocycles. The molecule has 1 aromatic carbocycles. The Morgan fingerprint density at radius 2 is 1.50 bits per heavy atom. The maximum Gasteiger partial charge on any atom is 0.231 e. The van der Waals surface area contributed by atoms with Crippen LogP contribution in [0.5, 0.6) is 0 Å². The van der Waals surface area contributed by atoms with Crippen molar-refractivity contribution < 1.29 is 14.4 Å². The maximum atomic E-state index is 12.1. The Hall–Kier alpha value is -1.86. The molecule has 4 N–H and O–H groups in total. The number of carbonyl (C=O) groups excluding carboxylic acids is 3. The van der Waals surface area contributed by atoms with Gasteiger partial charge < -0.3 is 11.5 Å². The number of hydrogen-bond donors (Lipinski definition) is 2. The molecule has 0 atom stereocenters. The predicted molar refractivity (Wildman–Crippen MR) is 77.4 cm³/mol. The number of carbonyl (C=O) groups is 3. The van der Waals surface area contributed by atoms with E-state index in [2.05, 4.69) is 0 Å². The van der Waals surface area contributed by atoms with Gasteiger partial charge in [0.2, 0.25) is 11.8 Å². The molecule has 0 aliphatic heterocycles. The number of benzene rings is 1. The number of hydrogen-bond acceptors (Lipinski definition) is 5. The molecule has 0 saturated carbocycles. The fourth-order valence-corrected chi connectivity index (χ4v) is 2.09. The molecule has 0 aliphatic rings. The first-order valence-corrected chi connectivity index (χ1v) is 7.11. The van der Waals surface area contributed by atoms with E-state index in [1.54, 1.807) is 23.9 Å². The first-order valence-electron chi connectivity index (χ1n) is 5.88. The molecule has 0 fully saturated rings. The summed E-state index contributed by atoms with van der Waals surface area (Å²) in [5.41, 5.74) is 10.7. The summed E-state index contributed by atoms with van der Waals surface area (Å²) in [7, 11) is 0. The van der Waals surface area contributed by atoms with Crippen molar-refractivity contribution in [2.24, 2.45) is 11.5 Å². The van der Waals surface area contributed by atoms with Gasteiger partial charge in [-0.1, -0.05) is 12.1 Å². The number of thioether (sulfide) groups is 1. The summed E-state index contributed by atoms with van der Waals surface area (Å²) in [6, 6.07) is 7.09. The normalized spacial score (nSPS) is 10.5. The SMILES string of the molecule is CSc1ccc(C(=O)CN(CC(N)=O)CC(N)=O)cc1. The molecule has 1 rings (SSSR count). The van der Waals surface area contributed by atoms with Crippen molar-refractivity contribution in [3.05, 3.63) is 29.8 Å². The fraction of sp³-hybridized carbons (Fsp3) is 0.308. The van der Waals surface area contributed by atoms with E-state index in [-0.39, 0.29) is 25.4 Å². The van der Waals surface area contributed by atoms with Crippen molar-refractivity contribution in [1.82, 2.24) is 4.90 Å². The highest BCUT2D eigenvalue weighted by atomic mass is 32.2. The number of Topliss-reactive ketones (excluding diaryl/α,β-unsaturated/α-hetero) is 1.